The van der Waals surface area contributed by atoms with Crippen LogP contribution in [0.3, 0.4) is 0 Å². The zero-order valence-electron chi connectivity index (χ0n) is 10.9. The van der Waals surface area contributed by atoms with Crippen molar-refractivity contribution in [3.05, 3.63) is 41.4 Å². The predicted molar refractivity (Wildman–Crippen MR) is 74.1 cm³/mol. The normalized spacial score (nSPS) is 11.1. The van der Waals surface area contributed by atoms with Crippen molar-refractivity contribution in [2.75, 3.05) is 6.54 Å². The van der Waals surface area contributed by atoms with E-state index >= 15 is 0 Å². The second-order valence-electron chi connectivity index (χ2n) is 5.04. The summed E-state index contributed by atoms with van der Waals surface area (Å²) in [6.45, 7) is 9.87. The molecule has 0 unspecified atom stereocenters. The number of rotatable bonds is 3. The number of hydrogen-bond acceptors (Lipinski definition) is 2. The van der Waals surface area contributed by atoms with E-state index in [0.29, 0.717) is 11.6 Å². The Morgan fingerprint density at radius 3 is 2.56 bits per heavy atom. The number of halogens is 1. The van der Waals surface area contributed by atoms with Crippen molar-refractivity contribution < 1.29 is 9.90 Å². The predicted octanol–water partition coefficient (Wildman–Crippen LogP) is 3.47. The first-order chi connectivity index (χ1) is 8.27. The van der Waals surface area contributed by atoms with Crippen LogP contribution >= 0.6 is 11.6 Å². The van der Waals surface area contributed by atoms with E-state index in [-0.39, 0.29) is 22.8 Å². The third kappa shape index (κ3) is 3.26. The van der Waals surface area contributed by atoms with Crippen LogP contribution in [0.4, 0.5) is 0 Å². The molecule has 0 aliphatic carbocycles. The van der Waals surface area contributed by atoms with E-state index in [9.17, 15) is 9.90 Å². The molecule has 0 atom stereocenters. The van der Waals surface area contributed by atoms with Crippen molar-refractivity contribution in [1.82, 2.24) is 4.90 Å². The molecule has 0 spiro atoms. The molecule has 4 heteroatoms. The molecule has 98 valence electrons. The quantitative estimate of drug-likeness (QED) is 0.852. The number of benzene rings is 1. The molecule has 0 aromatic heterocycles. The summed E-state index contributed by atoms with van der Waals surface area (Å²) in [5.74, 6) is -0.345. The van der Waals surface area contributed by atoms with Crippen LogP contribution in [0.5, 0.6) is 5.75 Å². The van der Waals surface area contributed by atoms with Crippen LogP contribution in [0.15, 0.2) is 30.9 Å². The number of amides is 1. The van der Waals surface area contributed by atoms with Gasteiger partial charge >= 0.3 is 0 Å². The van der Waals surface area contributed by atoms with Crippen LogP contribution in [0.1, 0.15) is 31.1 Å². The lowest BCUT2D eigenvalue weighted by Crippen LogP contribution is -2.45. The molecule has 1 aromatic rings. The molecule has 0 aliphatic rings. The maximum atomic E-state index is 12.4. The number of nitrogens with zero attached hydrogens (tertiary/aromatic N) is 1. The van der Waals surface area contributed by atoms with E-state index in [0.717, 1.165) is 0 Å². The van der Waals surface area contributed by atoms with E-state index in [4.69, 9.17) is 11.6 Å². The van der Waals surface area contributed by atoms with Gasteiger partial charge in [0.05, 0.1) is 5.56 Å². The van der Waals surface area contributed by atoms with Crippen molar-refractivity contribution in [2.24, 2.45) is 0 Å². The first-order valence-electron chi connectivity index (χ1n) is 5.68. The minimum Gasteiger partial charge on any atom is -0.507 e. The molecule has 1 aromatic carbocycles. The lowest BCUT2D eigenvalue weighted by atomic mass is 10.0. The fraction of sp³-hybridized carbons (Fsp3) is 0.357. The van der Waals surface area contributed by atoms with Gasteiger partial charge in [0, 0.05) is 17.1 Å². The third-order valence-corrected chi connectivity index (χ3v) is 2.79. The Kier molecular flexibility index (Phi) is 4.41. The highest BCUT2D eigenvalue weighted by molar-refractivity contribution is 6.30. The van der Waals surface area contributed by atoms with Crippen molar-refractivity contribution in [2.45, 2.75) is 26.3 Å². The summed E-state index contributed by atoms with van der Waals surface area (Å²) in [4.78, 5) is 14.0. The van der Waals surface area contributed by atoms with Gasteiger partial charge in [-0.05, 0) is 39.0 Å². The standard InChI is InChI=1S/C14H18ClNO2/c1-5-8-16(14(2,3)4)13(18)11-7-6-10(15)9-12(11)17/h5-7,9,17H,1,8H2,2-4H3. The monoisotopic (exact) mass is 267 g/mol. The van der Waals surface area contributed by atoms with E-state index in [2.05, 4.69) is 6.58 Å². The Bertz CT molecular complexity index is 463. The van der Waals surface area contributed by atoms with Gasteiger partial charge in [-0.25, -0.2) is 0 Å². The third-order valence-electron chi connectivity index (χ3n) is 2.56. The molecule has 0 aliphatic heterocycles. The van der Waals surface area contributed by atoms with E-state index in [1.165, 1.54) is 12.1 Å². The number of carbonyl (C=O) groups excluding carboxylic acids is 1. The highest BCUT2D eigenvalue weighted by atomic mass is 35.5. The van der Waals surface area contributed by atoms with Gasteiger partial charge in [0.1, 0.15) is 5.75 Å². The van der Waals surface area contributed by atoms with Crippen LogP contribution in [0.2, 0.25) is 5.02 Å². The van der Waals surface area contributed by atoms with Crippen LogP contribution in [0, 0.1) is 0 Å². The SMILES string of the molecule is C=CCN(C(=O)c1ccc(Cl)cc1O)C(C)(C)C. The van der Waals surface area contributed by atoms with Gasteiger partial charge in [0.25, 0.3) is 5.91 Å². The van der Waals surface area contributed by atoms with Gasteiger partial charge in [-0.1, -0.05) is 17.7 Å². The molecule has 1 amide bonds. The lowest BCUT2D eigenvalue weighted by Gasteiger charge is -2.35. The lowest BCUT2D eigenvalue weighted by molar-refractivity contribution is 0.0613. The molecule has 0 bridgehead atoms. The van der Waals surface area contributed by atoms with Crippen molar-refractivity contribution in [1.29, 1.82) is 0 Å². The maximum Gasteiger partial charge on any atom is 0.258 e. The fourth-order valence-corrected chi connectivity index (χ4v) is 1.79. The molecule has 1 rings (SSSR count). The number of aromatic hydroxyl groups is 1. The first-order valence-corrected chi connectivity index (χ1v) is 6.06. The van der Waals surface area contributed by atoms with E-state index < -0.39 is 0 Å². The van der Waals surface area contributed by atoms with Crippen molar-refractivity contribution >= 4 is 17.5 Å². The molecule has 0 heterocycles. The molecule has 0 fully saturated rings. The molecule has 0 saturated heterocycles. The highest BCUT2D eigenvalue weighted by Crippen LogP contribution is 2.25. The fourth-order valence-electron chi connectivity index (χ4n) is 1.62. The summed E-state index contributed by atoms with van der Waals surface area (Å²) >= 11 is 5.75. The van der Waals surface area contributed by atoms with Gasteiger partial charge in [0.2, 0.25) is 0 Å². The second kappa shape index (κ2) is 5.44. The average molecular weight is 268 g/mol. The van der Waals surface area contributed by atoms with Gasteiger partial charge in [-0.2, -0.15) is 0 Å². The zero-order valence-corrected chi connectivity index (χ0v) is 11.7. The summed E-state index contributed by atoms with van der Waals surface area (Å²) in [5, 5.41) is 10.2. The van der Waals surface area contributed by atoms with Crippen LogP contribution in [0.25, 0.3) is 0 Å². The minimum absolute atomic E-state index is 0.106. The molecule has 3 nitrogen and oxygen atoms in total. The molecule has 0 radical (unpaired) electrons. The largest absolute Gasteiger partial charge is 0.507 e. The van der Waals surface area contributed by atoms with Gasteiger partial charge in [-0.3, -0.25) is 4.79 Å². The summed E-state index contributed by atoms with van der Waals surface area (Å²) in [6.07, 6.45) is 1.66. The summed E-state index contributed by atoms with van der Waals surface area (Å²) < 4.78 is 0. The molecular weight excluding hydrogens is 250 g/mol. The van der Waals surface area contributed by atoms with Crippen molar-refractivity contribution in [3.63, 3.8) is 0 Å². The summed E-state index contributed by atoms with van der Waals surface area (Å²) in [5.41, 5.74) is -0.103. The topological polar surface area (TPSA) is 40.5 Å². The number of carbonyl (C=O) groups is 1. The molecule has 1 N–H and O–H groups in total. The highest BCUT2D eigenvalue weighted by Gasteiger charge is 2.27. The Morgan fingerprint density at radius 1 is 1.50 bits per heavy atom. The number of phenols is 1. The summed E-state index contributed by atoms with van der Waals surface area (Å²) in [7, 11) is 0. The van der Waals surface area contributed by atoms with E-state index in [1.54, 1.807) is 17.0 Å². The smallest absolute Gasteiger partial charge is 0.258 e. The Hall–Kier alpha value is -1.48. The van der Waals surface area contributed by atoms with Crippen LogP contribution in [-0.4, -0.2) is 28.0 Å². The molecule has 18 heavy (non-hydrogen) atoms. The molecular formula is C14H18ClNO2. The number of hydrogen-bond donors (Lipinski definition) is 1. The number of phenolic OH excluding ortho intramolecular Hbond substituents is 1. The Labute approximate surface area is 113 Å². The van der Waals surface area contributed by atoms with Crippen molar-refractivity contribution in [3.8, 4) is 5.75 Å². The molecule has 0 saturated carbocycles. The second-order valence-corrected chi connectivity index (χ2v) is 5.47. The summed E-state index contributed by atoms with van der Waals surface area (Å²) in [6, 6.07) is 4.48. The maximum absolute atomic E-state index is 12.4. The van der Waals surface area contributed by atoms with Crippen LogP contribution in [-0.2, 0) is 0 Å². The zero-order chi connectivity index (χ0) is 13.9. The van der Waals surface area contributed by atoms with E-state index in [1.807, 2.05) is 20.8 Å². The average Bonchev–Trinajstić information content (AvgIpc) is 2.23. The Morgan fingerprint density at radius 2 is 2.11 bits per heavy atom. The van der Waals surface area contributed by atoms with Gasteiger partial charge < -0.3 is 10.0 Å². The van der Waals surface area contributed by atoms with Crippen LogP contribution < -0.4 is 0 Å². The minimum atomic E-state index is -0.350. The Balaban J connectivity index is 3.14. The van der Waals surface area contributed by atoms with Gasteiger partial charge in [0.15, 0.2) is 0 Å². The first kappa shape index (κ1) is 14.6. The van der Waals surface area contributed by atoms with Gasteiger partial charge in [-0.15, -0.1) is 6.58 Å².